The molecule has 0 spiro atoms. The molecule has 0 unspecified atom stereocenters. The Bertz CT molecular complexity index is 5170. The first-order valence-electron chi connectivity index (χ1n) is 49.3. The van der Waals surface area contributed by atoms with Crippen LogP contribution in [0.3, 0.4) is 0 Å². The molecular weight excluding hydrogens is 1860 g/mol. The number of thiazole rings is 1. The van der Waals surface area contributed by atoms with E-state index in [2.05, 4.69) is 71.9 Å². The molecule has 9 amide bonds. The summed E-state index contributed by atoms with van der Waals surface area (Å²) in [5.41, 5.74) is 13.9. The Morgan fingerprint density at radius 3 is 1.95 bits per heavy atom. The number of unbranched alkanes of at least 4 members (excludes halogenated alkanes) is 1. The van der Waals surface area contributed by atoms with Crippen LogP contribution in [-0.4, -0.2) is 347 Å². The Morgan fingerprint density at radius 2 is 1.30 bits per heavy atom. The minimum absolute atomic E-state index is 0.0127. The van der Waals surface area contributed by atoms with Gasteiger partial charge < -0.3 is 109 Å². The molecule has 3 aromatic carbocycles. The van der Waals surface area contributed by atoms with E-state index in [1.165, 1.54) is 26.9 Å². The van der Waals surface area contributed by atoms with E-state index >= 15 is 0 Å². The van der Waals surface area contributed by atoms with E-state index in [1.807, 2.05) is 69.6 Å². The Kier molecular flexibility index (Phi) is 43.0. The lowest BCUT2D eigenvalue weighted by Gasteiger charge is -2.48. The Labute approximate surface area is 830 Å². The van der Waals surface area contributed by atoms with Crippen LogP contribution in [0.15, 0.2) is 113 Å². The molecule has 42 nitrogen and oxygen atoms in total. The second-order valence-corrected chi connectivity index (χ2v) is 37.4. The number of anilines is 3. The third-order valence-corrected chi connectivity index (χ3v) is 26.8. The van der Waals surface area contributed by atoms with Gasteiger partial charge in [0.05, 0.1) is 177 Å². The van der Waals surface area contributed by atoms with Crippen molar-refractivity contribution in [2.45, 2.75) is 148 Å². The van der Waals surface area contributed by atoms with E-state index in [0.29, 0.717) is 222 Å². The summed E-state index contributed by atoms with van der Waals surface area (Å²) < 4.78 is 69.7. The number of hydrogen-bond acceptors (Lipinski definition) is 34. The van der Waals surface area contributed by atoms with Crippen molar-refractivity contribution in [3.05, 3.63) is 137 Å². The molecular formula is C99H137N19O23S. The number of carbonyl (C=O) groups is 9. The van der Waals surface area contributed by atoms with Crippen molar-refractivity contribution in [2.75, 3.05) is 219 Å². The SMILES string of the molecule is Cc1ncsc1-c1ccc([C@H](C)NC(=O)[C@@H]2C[C@@H](O)CN2C(=O)[C@@H](c2cc(OCCN3CCC(CN4CCN5c6cc(-c7ccccc7O)nnc6N(C(=O)OCc6ccc(NC(=O)[C@@H](CCCCN)NC(=O)COCC(=O)NCCOCCOCCOCCOCCOCCOCCOCCOCCn7cc(CNC(=O)C8CCC(CN9C(=O)C=CC9=O)CC8)nn7)cc6)C[C@H]5C4)CC3)no2)C(C)C)cc1. The van der Waals surface area contributed by atoms with Crippen molar-refractivity contribution >= 4 is 81.9 Å². The van der Waals surface area contributed by atoms with Crippen LogP contribution in [0, 0.1) is 30.6 Å². The van der Waals surface area contributed by atoms with Crippen LogP contribution in [0.1, 0.15) is 125 Å². The van der Waals surface area contributed by atoms with Gasteiger partial charge in [-0.15, -0.1) is 26.6 Å². The highest BCUT2D eigenvalue weighted by molar-refractivity contribution is 7.13. The number of β-amino-alcohol motifs (C(OH)–C–C–N with tert-alkyl or cyclic N) is 1. The number of aliphatic hydroxyl groups is 1. The third-order valence-electron chi connectivity index (χ3n) is 25.8. The lowest BCUT2D eigenvalue weighted by molar-refractivity contribution is -0.141. The fourth-order valence-corrected chi connectivity index (χ4v) is 18.9. The van der Waals surface area contributed by atoms with Crippen LogP contribution in [-0.2, 0) is 105 Å². The maximum atomic E-state index is 14.5. The number of phenols is 1. The molecule has 43 heteroatoms. The topological polar surface area (TPSA) is 497 Å². The van der Waals surface area contributed by atoms with E-state index in [4.69, 9.17) is 62.4 Å². The first kappa shape index (κ1) is 108. The van der Waals surface area contributed by atoms with Gasteiger partial charge in [-0.2, -0.15) is 0 Å². The number of piperidine rings is 1. The summed E-state index contributed by atoms with van der Waals surface area (Å²) >= 11 is 1.57. The van der Waals surface area contributed by atoms with Crippen LogP contribution >= 0.6 is 11.3 Å². The molecule has 4 aromatic heterocycles. The molecule has 772 valence electrons. The monoisotopic (exact) mass is 1990 g/mol. The standard InChI is InChI=1S/C99H137N19O23S/c1-67(2)92(98(128)116-62-79(119)53-84(116)97(127)104-68(3)73-18-20-74(21-19-73)93-69(4)103-66-142-93)86-55-89(110-141-86)139-38-34-112-30-26-71(27-31-112)57-113-32-33-115-78(60-113)61-118(94-83(115)54-82(108-109-94)80-9-5-6-11-85(80)120)99(129)140-63-72-14-22-76(23-15-72)105-96(126)81(10-7-8-28-100)106-88(122)65-138-64-87(121)101-29-36-130-39-41-132-43-45-134-47-49-136-51-52-137-50-48-135-46-44-133-42-40-131-37-35-114-59-77(107-111-114)56-102-95(125)75-16-12-70(13-17-75)58-117-90(123)24-25-91(117)124/h5-6,9,11,14-15,18-25,54-55,59,66-68,70-71,75,78-79,81,84,92,119-120H,7-8,10,12-13,16-17,26-53,56-58,60-65,100H2,1-4H3,(H,101,121)(H,102,125)(H,104,127)(H,105,126)(H,106,122)/t68-,70?,75?,78+,79+,81+,84-,92+/m0/s1. The van der Waals surface area contributed by atoms with Gasteiger partial charge in [0.15, 0.2) is 11.6 Å². The maximum absolute atomic E-state index is 14.5. The van der Waals surface area contributed by atoms with Gasteiger partial charge in [0, 0.05) is 94.2 Å². The summed E-state index contributed by atoms with van der Waals surface area (Å²) in [7, 11) is 0. The minimum Gasteiger partial charge on any atom is -0.507 e. The molecule has 7 aromatic rings. The number of para-hydroxylation sites is 1. The number of aliphatic hydroxyl groups excluding tert-OH is 1. The van der Waals surface area contributed by atoms with Gasteiger partial charge in [-0.1, -0.05) is 67.6 Å². The fraction of sp³-hybridized carbons (Fsp3) is 0.586. The van der Waals surface area contributed by atoms with Crippen LogP contribution in [0.2, 0.25) is 0 Å². The number of amides is 9. The molecule has 5 aliphatic heterocycles. The predicted molar refractivity (Wildman–Crippen MR) is 521 cm³/mol. The highest BCUT2D eigenvalue weighted by atomic mass is 32.1. The van der Waals surface area contributed by atoms with Gasteiger partial charge in [0.25, 0.3) is 17.7 Å². The van der Waals surface area contributed by atoms with E-state index in [1.54, 1.807) is 70.7 Å². The molecule has 1 aliphatic carbocycles. The van der Waals surface area contributed by atoms with Crippen LogP contribution in [0.5, 0.6) is 11.6 Å². The van der Waals surface area contributed by atoms with Crippen molar-refractivity contribution in [2.24, 2.45) is 29.4 Å². The van der Waals surface area contributed by atoms with Gasteiger partial charge in [-0.25, -0.2) is 14.5 Å². The summed E-state index contributed by atoms with van der Waals surface area (Å²) in [4.78, 5) is 136. The number of likely N-dealkylation sites (tertiary alicyclic amines) is 2. The number of hydrogen-bond donors (Lipinski definition) is 8. The van der Waals surface area contributed by atoms with Crippen molar-refractivity contribution in [3.8, 4) is 33.3 Å². The van der Waals surface area contributed by atoms with E-state index in [-0.39, 0.29) is 123 Å². The number of piperazine rings is 1. The lowest BCUT2D eigenvalue weighted by atomic mass is 9.81. The Morgan fingerprint density at radius 1 is 0.641 bits per heavy atom. The smallest absolute Gasteiger partial charge is 0.415 e. The molecule has 4 fully saturated rings. The molecule has 9 heterocycles. The first-order valence-corrected chi connectivity index (χ1v) is 50.2. The number of carbonyl (C=O) groups excluding carboxylic acids is 9. The van der Waals surface area contributed by atoms with E-state index in [0.717, 1.165) is 73.6 Å². The molecule has 0 bridgehead atoms. The normalized spacial score (nSPS) is 18.5. The van der Waals surface area contributed by atoms with Crippen molar-refractivity contribution in [3.63, 3.8) is 0 Å². The van der Waals surface area contributed by atoms with Gasteiger partial charge >= 0.3 is 6.09 Å². The quantitative estimate of drug-likeness (QED) is 0.0166. The molecule has 13 rings (SSSR count). The van der Waals surface area contributed by atoms with E-state index in [9.17, 15) is 53.4 Å². The average Bonchev–Trinajstić information content (AvgIpc) is 0.894. The highest BCUT2D eigenvalue weighted by Gasteiger charge is 2.45. The highest BCUT2D eigenvalue weighted by Crippen LogP contribution is 2.41. The van der Waals surface area contributed by atoms with E-state index < -0.39 is 61.1 Å². The number of aromatic hydroxyl groups is 1. The number of phenolic OH excluding ortho intramolecular Hbond substituents is 1. The Hall–Kier alpha value is -11.4. The summed E-state index contributed by atoms with van der Waals surface area (Å²) in [6.45, 7) is 20.5. The molecule has 1 saturated carbocycles. The number of fused-ring (bicyclic) bond motifs is 3. The summed E-state index contributed by atoms with van der Waals surface area (Å²) in [6, 6.07) is 22.9. The minimum atomic E-state index is -0.948. The number of ether oxygens (including phenoxy) is 11. The largest absolute Gasteiger partial charge is 0.507 e. The zero-order valence-corrected chi connectivity index (χ0v) is 82.4. The number of aryl methyl sites for hydroxylation is 1. The molecule has 3 saturated heterocycles. The second-order valence-electron chi connectivity index (χ2n) is 36.5. The average molecular weight is 1990 g/mol. The lowest BCUT2D eigenvalue weighted by Crippen LogP contribution is -2.61. The number of nitrogens with two attached hydrogens (primary N) is 1. The summed E-state index contributed by atoms with van der Waals surface area (Å²) in [5, 5.41) is 57.7. The van der Waals surface area contributed by atoms with Crippen molar-refractivity contribution in [1.82, 2.24) is 76.2 Å². The number of aromatic nitrogens is 7. The zero-order chi connectivity index (χ0) is 99.9. The summed E-state index contributed by atoms with van der Waals surface area (Å²) in [6.07, 6.45) is 9.36. The molecule has 142 heavy (non-hydrogen) atoms. The molecule has 6 aliphatic rings. The van der Waals surface area contributed by atoms with Crippen LogP contribution < -0.4 is 46.9 Å². The third kappa shape index (κ3) is 33.1. The second kappa shape index (κ2) is 56.6. The molecule has 0 radical (unpaired) electrons. The number of nitrogens with zero attached hydrogens (tertiary/aromatic N) is 13. The maximum Gasteiger partial charge on any atom is 0.415 e. The van der Waals surface area contributed by atoms with Gasteiger partial charge in [0.1, 0.15) is 55.9 Å². The molecule has 6 atom stereocenters. The number of nitrogens with one attached hydrogen (secondary N) is 5. The Balaban J connectivity index is 0.439. The fourth-order valence-electron chi connectivity index (χ4n) is 18.1. The molecule has 9 N–H and O–H groups in total. The predicted octanol–water partition coefficient (Wildman–Crippen LogP) is 5.74. The van der Waals surface area contributed by atoms with Gasteiger partial charge in [-0.05, 0) is 161 Å². The van der Waals surface area contributed by atoms with Crippen LogP contribution in [0.25, 0.3) is 21.7 Å². The first-order chi connectivity index (χ1) is 69.1. The van der Waals surface area contributed by atoms with Crippen molar-refractivity contribution < 1.29 is 110 Å². The van der Waals surface area contributed by atoms with Gasteiger partial charge in [0.2, 0.25) is 35.4 Å². The number of rotatable bonds is 59. The zero-order valence-electron chi connectivity index (χ0n) is 81.5. The van der Waals surface area contributed by atoms with Crippen LogP contribution in [0.4, 0.5) is 22.0 Å². The number of imide groups is 1. The van der Waals surface area contributed by atoms with Crippen molar-refractivity contribution in [1.29, 1.82) is 0 Å². The summed E-state index contributed by atoms with van der Waals surface area (Å²) in [5.74, 6) is -2.29. The van der Waals surface area contributed by atoms with Gasteiger partial charge in [-0.3, -0.25) is 58.0 Å². The number of benzene rings is 3.